The number of hydrogen-bond acceptors (Lipinski definition) is 6. The van der Waals surface area contributed by atoms with Crippen LogP contribution in [0.15, 0.2) is 58.3 Å². The van der Waals surface area contributed by atoms with Crippen LogP contribution in [0, 0.1) is 6.92 Å². The number of sulfonamides is 1. The fourth-order valence-corrected chi connectivity index (χ4v) is 5.22. The fraction of sp³-hybridized carbons (Fsp3) is 0.238. The predicted molar refractivity (Wildman–Crippen MR) is 115 cm³/mol. The molecule has 9 heteroatoms. The number of fused-ring (bicyclic) bond motifs is 1. The molecular weight excluding hydrogens is 422 g/mol. The van der Waals surface area contributed by atoms with E-state index in [-0.39, 0.29) is 10.8 Å². The summed E-state index contributed by atoms with van der Waals surface area (Å²) in [6.07, 6.45) is 1.51. The molecule has 0 radical (unpaired) electrons. The Labute approximate surface area is 179 Å². The normalized spacial score (nSPS) is 17.0. The molecule has 0 aliphatic carbocycles. The zero-order valence-electron chi connectivity index (χ0n) is 16.5. The van der Waals surface area contributed by atoms with E-state index in [0.717, 1.165) is 11.1 Å². The average molecular weight is 444 g/mol. The lowest BCUT2D eigenvalue weighted by Crippen LogP contribution is -2.35. The number of benzene rings is 1. The van der Waals surface area contributed by atoms with Crippen molar-refractivity contribution in [2.45, 2.75) is 37.3 Å². The summed E-state index contributed by atoms with van der Waals surface area (Å²) in [6.45, 7) is 3.54. The molecular formula is C21H21N3O4S2. The van der Waals surface area contributed by atoms with E-state index in [1.54, 1.807) is 30.5 Å². The standard InChI is InChI=1S/C21H21N3O4S2/c1-13-4-3-8-22-20(13)18(10-15-7-9-29-12-15)24-30(26,27)16-5-6-19-17(11-16)23-21(25)14(2)28-19/h3-9,11-12,14,18,24H,10H2,1-2H3,(H,23,25). The lowest BCUT2D eigenvalue weighted by atomic mass is 10.0. The summed E-state index contributed by atoms with van der Waals surface area (Å²) in [7, 11) is -3.89. The van der Waals surface area contributed by atoms with Crippen LogP contribution in [0.5, 0.6) is 5.75 Å². The third-order valence-electron chi connectivity index (χ3n) is 4.89. The van der Waals surface area contributed by atoms with E-state index in [0.29, 0.717) is 23.6 Å². The molecule has 1 aliphatic rings. The van der Waals surface area contributed by atoms with Crippen LogP contribution >= 0.6 is 11.3 Å². The SMILES string of the molecule is Cc1cccnc1C(Cc1ccsc1)NS(=O)(=O)c1ccc2c(c1)NC(=O)C(C)O2. The summed E-state index contributed by atoms with van der Waals surface area (Å²) >= 11 is 1.56. The number of aryl methyl sites for hydroxylation is 1. The lowest BCUT2D eigenvalue weighted by Gasteiger charge is -2.24. The van der Waals surface area contributed by atoms with Crippen molar-refractivity contribution in [1.29, 1.82) is 0 Å². The molecule has 0 bridgehead atoms. The molecule has 30 heavy (non-hydrogen) atoms. The van der Waals surface area contributed by atoms with Gasteiger partial charge in [0.05, 0.1) is 22.3 Å². The van der Waals surface area contributed by atoms with Gasteiger partial charge in [-0.15, -0.1) is 0 Å². The Kier molecular flexibility index (Phi) is 5.59. The average Bonchev–Trinajstić information content (AvgIpc) is 3.21. The molecule has 1 aliphatic heterocycles. The van der Waals surface area contributed by atoms with Crippen LogP contribution in [0.2, 0.25) is 0 Å². The first kappa shape index (κ1) is 20.5. The van der Waals surface area contributed by atoms with Crippen LogP contribution in [0.3, 0.4) is 0 Å². The van der Waals surface area contributed by atoms with E-state index in [1.165, 1.54) is 12.1 Å². The molecule has 2 atom stereocenters. The minimum absolute atomic E-state index is 0.0450. The van der Waals surface area contributed by atoms with Gasteiger partial charge in [0, 0.05) is 6.20 Å². The number of nitrogens with zero attached hydrogens (tertiary/aromatic N) is 1. The topological polar surface area (TPSA) is 97.4 Å². The van der Waals surface area contributed by atoms with Crippen LogP contribution in [-0.4, -0.2) is 25.4 Å². The van der Waals surface area contributed by atoms with Crippen LogP contribution in [0.1, 0.15) is 29.8 Å². The van der Waals surface area contributed by atoms with Crippen molar-refractivity contribution in [2.75, 3.05) is 5.32 Å². The Bertz CT molecular complexity index is 1180. The molecule has 156 valence electrons. The Balaban J connectivity index is 1.66. The maximum absolute atomic E-state index is 13.2. The zero-order chi connectivity index (χ0) is 21.3. The summed E-state index contributed by atoms with van der Waals surface area (Å²) in [6, 6.07) is 9.60. The Hall–Kier alpha value is -2.75. The monoisotopic (exact) mass is 443 g/mol. The highest BCUT2D eigenvalue weighted by Gasteiger charge is 2.28. The van der Waals surface area contributed by atoms with Crippen molar-refractivity contribution in [2.24, 2.45) is 0 Å². The van der Waals surface area contributed by atoms with Gasteiger partial charge in [-0.05, 0) is 72.5 Å². The first-order valence-electron chi connectivity index (χ1n) is 9.40. The molecule has 3 aromatic rings. The molecule has 0 spiro atoms. The Morgan fingerprint density at radius 3 is 2.87 bits per heavy atom. The number of rotatable bonds is 6. The summed E-state index contributed by atoms with van der Waals surface area (Å²) in [4.78, 5) is 16.4. The van der Waals surface area contributed by atoms with Gasteiger partial charge in [0.15, 0.2) is 6.10 Å². The molecule has 1 aromatic carbocycles. The first-order chi connectivity index (χ1) is 14.3. The lowest BCUT2D eigenvalue weighted by molar-refractivity contribution is -0.122. The fourth-order valence-electron chi connectivity index (χ4n) is 3.31. The predicted octanol–water partition coefficient (Wildman–Crippen LogP) is 3.43. The van der Waals surface area contributed by atoms with Crippen molar-refractivity contribution in [3.05, 3.63) is 70.2 Å². The maximum Gasteiger partial charge on any atom is 0.265 e. The van der Waals surface area contributed by atoms with Gasteiger partial charge in [-0.2, -0.15) is 11.3 Å². The van der Waals surface area contributed by atoms with E-state index in [4.69, 9.17) is 4.74 Å². The summed E-state index contributed by atoms with van der Waals surface area (Å²) < 4.78 is 34.7. The van der Waals surface area contributed by atoms with E-state index in [1.807, 2.05) is 35.9 Å². The second-order valence-electron chi connectivity index (χ2n) is 7.12. The smallest absolute Gasteiger partial charge is 0.265 e. The van der Waals surface area contributed by atoms with Gasteiger partial charge in [-0.3, -0.25) is 9.78 Å². The van der Waals surface area contributed by atoms with Gasteiger partial charge in [0.1, 0.15) is 5.75 Å². The molecule has 0 fully saturated rings. The van der Waals surface area contributed by atoms with Gasteiger partial charge < -0.3 is 10.1 Å². The summed E-state index contributed by atoms with van der Waals surface area (Å²) in [5.41, 5.74) is 2.94. The van der Waals surface area contributed by atoms with E-state index >= 15 is 0 Å². The minimum Gasteiger partial charge on any atom is -0.479 e. The van der Waals surface area contributed by atoms with E-state index < -0.39 is 22.2 Å². The molecule has 2 aromatic heterocycles. The number of ether oxygens (including phenoxy) is 1. The second kappa shape index (κ2) is 8.17. The van der Waals surface area contributed by atoms with E-state index in [9.17, 15) is 13.2 Å². The van der Waals surface area contributed by atoms with Crippen molar-refractivity contribution in [1.82, 2.24) is 9.71 Å². The number of carbonyl (C=O) groups excluding carboxylic acids is 1. The first-order valence-corrected chi connectivity index (χ1v) is 11.8. The number of nitrogens with one attached hydrogen (secondary N) is 2. The third-order valence-corrected chi connectivity index (χ3v) is 7.09. The molecule has 2 unspecified atom stereocenters. The van der Waals surface area contributed by atoms with Crippen molar-refractivity contribution in [3.63, 3.8) is 0 Å². The highest BCUT2D eigenvalue weighted by atomic mass is 32.2. The van der Waals surface area contributed by atoms with Gasteiger partial charge in [0.25, 0.3) is 5.91 Å². The summed E-state index contributed by atoms with van der Waals surface area (Å²) in [5, 5.41) is 6.64. The Morgan fingerprint density at radius 2 is 2.13 bits per heavy atom. The number of pyridine rings is 1. The molecule has 1 amide bonds. The van der Waals surface area contributed by atoms with Crippen molar-refractivity contribution < 1.29 is 17.9 Å². The number of thiophene rings is 1. The maximum atomic E-state index is 13.2. The number of anilines is 1. The zero-order valence-corrected chi connectivity index (χ0v) is 18.1. The van der Waals surface area contributed by atoms with Crippen LogP contribution in [-0.2, 0) is 21.2 Å². The number of carbonyl (C=O) groups is 1. The van der Waals surface area contributed by atoms with Crippen LogP contribution in [0.25, 0.3) is 0 Å². The molecule has 2 N–H and O–H groups in total. The van der Waals surface area contributed by atoms with Gasteiger partial charge in [0.2, 0.25) is 10.0 Å². The Morgan fingerprint density at radius 1 is 1.30 bits per heavy atom. The summed E-state index contributed by atoms with van der Waals surface area (Å²) in [5.74, 6) is 0.126. The highest BCUT2D eigenvalue weighted by molar-refractivity contribution is 7.89. The largest absolute Gasteiger partial charge is 0.479 e. The molecule has 4 rings (SSSR count). The quantitative estimate of drug-likeness (QED) is 0.608. The van der Waals surface area contributed by atoms with Crippen molar-refractivity contribution in [3.8, 4) is 5.75 Å². The van der Waals surface area contributed by atoms with Crippen LogP contribution in [0.4, 0.5) is 5.69 Å². The second-order valence-corrected chi connectivity index (χ2v) is 9.62. The molecule has 0 saturated heterocycles. The number of amides is 1. The van der Waals surface area contributed by atoms with Gasteiger partial charge in [-0.25, -0.2) is 13.1 Å². The molecule has 0 saturated carbocycles. The number of aromatic nitrogens is 1. The van der Waals surface area contributed by atoms with Gasteiger partial charge in [-0.1, -0.05) is 6.07 Å². The third kappa shape index (κ3) is 4.23. The highest BCUT2D eigenvalue weighted by Crippen LogP contribution is 2.32. The number of hydrogen-bond donors (Lipinski definition) is 2. The minimum atomic E-state index is -3.89. The molecule has 7 nitrogen and oxygen atoms in total. The van der Waals surface area contributed by atoms with Crippen LogP contribution < -0.4 is 14.8 Å². The van der Waals surface area contributed by atoms with Gasteiger partial charge >= 0.3 is 0 Å². The van der Waals surface area contributed by atoms with E-state index in [2.05, 4.69) is 15.0 Å². The van der Waals surface area contributed by atoms with Crippen molar-refractivity contribution >= 4 is 33.0 Å². The molecule has 3 heterocycles.